The highest BCUT2D eigenvalue weighted by Crippen LogP contribution is 2.16. The molecule has 1 rings (SSSR count). The zero-order valence-electron chi connectivity index (χ0n) is 10.0. The van der Waals surface area contributed by atoms with E-state index in [1.807, 2.05) is 12.1 Å². The smallest absolute Gasteiger partial charge is 0.0363 e. The molecule has 0 radical (unpaired) electrons. The van der Waals surface area contributed by atoms with Gasteiger partial charge >= 0.3 is 0 Å². The van der Waals surface area contributed by atoms with Crippen molar-refractivity contribution < 1.29 is 0 Å². The molecule has 15 heavy (non-hydrogen) atoms. The van der Waals surface area contributed by atoms with E-state index in [1.54, 1.807) is 0 Å². The fourth-order valence-corrected chi connectivity index (χ4v) is 1.58. The second kappa shape index (κ2) is 5.64. The summed E-state index contributed by atoms with van der Waals surface area (Å²) in [5.41, 5.74) is 8.96. The highest BCUT2D eigenvalue weighted by Gasteiger charge is 1.99. The maximum atomic E-state index is 5.78. The molecule has 1 unspecified atom stereocenters. The Labute approximate surface area is 92.9 Å². The molecule has 84 valence electrons. The van der Waals surface area contributed by atoms with E-state index in [-0.39, 0.29) is 0 Å². The Bertz CT molecular complexity index is 287. The molecule has 3 N–H and O–H groups in total. The second-order valence-electron chi connectivity index (χ2n) is 4.36. The Hall–Kier alpha value is -1.18. The first-order valence-corrected chi connectivity index (χ1v) is 5.73. The fourth-order valence-electron chi connectivity index (χ4n) is 1.58. The van der Waals surface area contributed by atoms with Crippen molar-refractivity contribution in [1.29, 1.82) is 0 Å². The Morgan fingerprint density at radius 1 is 1.33 bits per heavy atom. The molecule has 0 saturated carbocycles. The van der Waals surface area contributed by atoms with Crippen molar-refractivity contribution in [2.45, 2.75) is 33.6 Å². The third-order valence-corrected chi connectivity index (χ3v) is 2.76. The number of anilines is 2. The maximum absolute atomic E-state index is 5.78. The highest BCUT2D eigenvalue weighted by molar-refractivity contribution is 5.56. The summed E-state index contributed by atoms with van der Waals surface area (Å²) in [7, 11) is 0. The summed E-state index contributed by atoms with van der Waals surface area (Å²) in [5.74, 6) is 0.791. The summed E-state index contributed by atoms with van der Waals surface area (Å²) in [6.07, 6.45) is 2.46. The van der Waals surface area contributed by atoms with Gasteiger partial charge in [0.1, 0.15) is 0 Å². The van der Waals surface area contributed by atoms with Crippen molar-refractivity contribution in [2.75, 3.05) is 17.6 Å². The lowest BCUT2D eigenvalue weighted by Gasteiger charge is -2.11. The van der Waals surface area contributed by atoms with Gasteiger partial charge in [0, 0.05) is 17.9 Å². The molecular weight excluding hydrogens is 184 g/mol. The number of nitrogens with two attached hydrogens (primary N) is 1. The van der Waals surface area contributed by atoms with E-state index in [0.29, 0.717) is 0 Å². The van der Waals surface area contributed by atoms with Crippen LogP contribution in [0, 0.1) is 12.8 Å². The van der Waals surface area contributed by atoms with Gasteiger partial charge in [-0.25, -0.2) is 0 Å². The summed E-state index contributed by atoms with van der Waals surface area (Å²) in [6.45, 7) is 7.61. The first-order chi connectivity index (χ1) is 7.11. The fraction of sp³-hybridized carbons (Fsp3) is 0.538. The minimum atomic E-state index is 0.791. The number of benzene rings is 1. The molecule has 0 fully saturated rings. The molecule has 0 spiro atoms. The van der Waals surface area contributed by atoms with Crippen molar-refractivity contribution in [1.82, 2.24) is 0 Å². The number of hydrogen-bond donors (Lipinski definition) is 2. The van der Waals surface area contributed by atoms with E-state index >= 15 is 0 Å². The van der Waals surface area contributed by atoms with E-state index in [9.17, 15) is 0 Å². The number of hydrogen-bond acceptors (Lipinski definition) is 2. The minimum absolute atomic E-state index is 0.791. The standard InChI is InChI=1S/C13H22N2/c1-4-10(2)5-6-15-13-8-11(3)7-12(14)9-13/h7-10,15H,4-6,14H2,1-3H3. The van der Waals surface area contributed by atoms with Gasteiger partial charge < -0.3 is 11.1 Å². The molecule has 0 heterocycles. The van der Waals surface area contributed by atoms with Crippen molar-refractivity contribution in [3.63, 3.8) is 0 Å². The average molecular weight is 206 g/mol. The molecule has 0 aromatic heterocycles. The van der Waals surface area contributed by atoms with Crippen molar-refractivity contribution in [3.8, 4) is 0 Å². The largest absolute Gasteiger partial charge is 0.399 e. The monoisotopic (exact) mass is 206 g/mol. The van der Waals surface area contributed by atoms with Gasteiger partial charge in [-0.2, -0.15) is 0 Å². The van der Waals surface area contributed by atoms with Crippen molar-refractivity contribution in [2.24, 2.45) is 5.92 Å². The van der Waals surface area contributed by atoms with Gasteiger partial charge in [-0.3, -0.25) is 0 Å². The van der Waals surface area contributed by atoms with Crippen LogP contribution in [0.3, 0.4) is 0 Å². The summed E-state index contributed by atoms with van der Waals surface area (Å²) >= 11 is 0. The van der Waals surface area contributed by atoms with Gasteiger partial charge in [-0.15, -0.1) is 0 Å². The molecule has 0 saturated heterocycles. The van der Waals surface area contributed by atoms with Gasteiger partial charge in [-0.1, -0.05) is 20.3 Å². The molecular formula is C13H22N2. The minimum Gasteiger partial charge on any atom is -0.399 e. The van der Waals surface area contributed by atoms with Gasteiger partial charge in [0.25, 0.3) is 0 Å². The summed E-state index contributed by atoms with van der Waals surface area (Å²) < 4.78 is 0. The van der Waals surface area contributed by atoms with Crippen molar-refractivity contribution >= 4 is 11.4 Å². The number of rotatable bonds is 5. The van der Waals surface area contributed by atoms with Crippen LogP contribution in [-0.4, -0.2) is 6.54 Å². The lowest BCUT2D eigenvalue weighted by atomic mass is 10.1. The second-order valence-corrected chi connectivity index (χ2v) is 4.36. The molecule has 1 atom stereocenters. The first kappa shape index (κ1) is 11.9. The van der Waals surface area contributed by atoms with Crippen LogP contribution in [0.5, 0.6) is 0 Å². The van der Waals surface area contributed by atoms with Crippen LogP contribution < -0.4 is 11.1 Å². The van der Waals surface area contributed by atoms with E-state index in [1.165, 1.54) is 18.4 Å². The number of aryl methyl sites for hydroxylation is 1. The lowest BCUT2D eigenvalue weighted by molar-refractivity contribution is 0.532. The van der Waals surface area contributed by atoms with Gasteiger partial charge in [0.05, 0.1) is 0 Å². The molecule has 0 aliphatic carbocycles. The summed E-state index contributed by atoms with van der Waals surface area (Å²) in [6, 6.07) is 6.11. The Balaban J connectivity index is 2.43. The van der Waals surface area contributed by atoms with Crippen LogP contribution in [-0.2, 0) is 0 Å². The molecule has 1 aromatic rings. The molecule has 0 aliphatic rings. The molecule has 2 nitrogen and oxygen atoms in total. The molecule has 0 aliphatic heterocycles. The Kier molecular flexibility index (Phi) is 4.47. The predicted molar refractivity (Wildman–Crippen MR) is 68.2 cm³/mol. The zero-order chi connectivity index (χ0) is 11.3. The van der Waals surface area contributed by atoms with Crippen LogP contribution in [0.2, 0.25) is 0 Å². The summed E-state index contributed by atoms with van der Waals surface area (Å²) in [5, 5.41) is 3.41. The quantitative estimate of drug-likeness (QED) is 0.724. The highest BCUT2D eigenvalue weighted by atomic mass is 14.9. The normalized spacial score (nSPS) is 12.5. The topological polar surface area (TPSA) is 38.0 Å². The summed E-state index contributed by atoms with van der Waals surface area (Å²) in [4.78, 5) is 0. The van der Waals surface area contributed by atoms with E-state index < -0.39 is 0 Å². The zero-order valence-corrected chi connectivity index (χ0v) is 10.0. The molecule has 0 bridgehead atoms. The Morgan fingerprint density at radius 3 is 2.67 bits per heavy atom. The average Bonchev–Trinajstić information content (AvgIpc) is 2.16. The van der Waals surface area contributed by atoms with Crippen LogP contribution in [0.15, 0.2) is 18.2 Å². The first-order valence-electron chi connectivity index (χ1n) is 5.73. The third kappa shape index (κ3) is 4.24. The van der Waals surface area contributed by atoms with E-state index in [4.69, 9.17) is 5.73 Å². The van der Waals surface area contributed by atoms with Crippen LogP contribution >= 0.6 is 0 Å². The van der Waals surface area contributed by atoms with E-state index in [0.717, 1.165) is 23.8 Å². The third-order valence-electron chi connectivity index (χ3n) is 2.76. The molecule has 0 amide bonds. The van der Waals surface area contributed by atoms with Gasteiger partial charge in [0.15, 0.2) is 0 Å². The van der Waals surface area contributed by atoms with Gasteiger partial charge in [-0.05, 0) is 43.0 Å². The van der Waals surface area contributed by atoms with Crippen LogP contribution in [0.25, 0.3) is 0 Å². The van der Waals surface area contributed by atoms with Crippen LogP contribution in [0.4, 0.5) is 11.4 Å². The van der Waals surface area contributed by atoms with E-state index in [2.05, 4.69) is 32.2 Å². The SMILES string of the molecule is CCC(C)CCNc1cc(C)cc(N)c1. The molecule has 2 heteroatoms. The van der Waals surface area contributed by atoms with Gasteiger partial charge in [0.2, 0.25) is 0 Å². The molecule has 1 aromatic carbocycles. The Morgan fingerprint density at radius 2 is 2.07 bits per heavy atom. The lowest BCUT2D eigenvalue weighted by Crippen LogP contribution is -2.06. The maximum Gasteiger partial charge on any atom is 0.0363 e. The number of nitrogen functional groups attached to an aromatic ring is 1. The van der Waals surface area contributed by atoms with Crippen molar-refractivity contribution in [3.05, 3.63) is 23.8 Å². The number of nitrogens with one attached hydrogen (secondary N) is 1. The predicted octanol–water partition coefficient (Wildman–Crippen LogP) is 3.43. The van der Waals surface area contributed by atoms with Crippen LogP contribution in [0.1, 0.15) is 32.3 Å².